The molecule has 3 aromatic rings. The van der Waals surface area contributed by atoms with Gasteiger partial charge in [-0.05, 0) is 17.2 Å². The number of aromatic nitrogens is 2. The van der Waals surface area contributed by atoms with Crippen molar-refractivity contribution in [1.29, 1.82) is 0 Å². The summed E-state index contributed by atoms with van der Waals surface area (Å²) in [4.78, 5) is 11.4. The third-order valence-corrected chi connectivity index (χ3v) is 4.48. The molecule has 4 heteroatoms. The Kier molecular flexibility index (Phi) is 3.65. The van der Waals surface area contributed by atoms with E-state index in [0.29, 0.717) is 0 Å². The van der Waals surface area contributed by atoms with Crippen molar-refractivity contribution < 1.29 is 0 Å². The molecule has 4 nitrogen and oxygen atoms in total. The predicted molar refractivity (Wildman–Crippen MR) is 98.1 cm³/mol. The van der Waals surface area contributed by atoms with E-state index in [9.17, 15) is 0 Å². The van der Waals surface area contributed by atoms with Crippen LogP contribution in [0.15, 0.2) is 65.9 Å². The average Bonchev–Trinajstić information content (AvgIpc) is 3.23. The first-order chi connectivity index (χ1) is 11.7. The molecule has 24 heavy (non-hydrogen) atoms. The minimum absolute atomic E-state index is 0.875. The molecule has 2 heterocycles. The van der Waals surface area contributed by atoms with Crippen molar-refractivity contribution in [3.63, 3.8) is 0 Å². The lowest BCUT2D eigenvalue weighted by atomic mass is 9.97. The fourth-order valence-corrected chi connectivity index (χ4v) is 3.22. The van der Waals surface area contributed by atoms with Crippen molar-refractivity contribution in [2.75, 3.05) is 20.1 Å². The zero-order valence-electron chi connectivity index (χ0n) is 14.0. The molecule has 0 bridgehead atoms. The highest BCUT2D eigenvalue weighted by atomic mass is 15.2. The minimum atomic E-state index is 0.875. The van der Waals surface area contributed by atoms with E-state index in [0.717, 1.165) is 30.3 Å². The molecule has 0 atom stereocenters. The summed E-state index contributed by atoms with van der Waals surface area (Å²) in [5.41, 5.74) is 4.69. The molecule has 0 radical (unpaired) electrons. The Labute approximate surface area is 142 Å². The van der Waals surface area contributed by atoms with Crippen LogP contribution in [0.25, 0.3) is 22.5 Å². The molecule has 0 amide bonds. The third kappa shape index (κ3) is 2.50. The maximum absolute atomic E-state index is 4.63. The first-order valence-corrected chi connectivity index (χ1v) is 8.17. The van der Waals surface area contributed by atoms with E-state index in [1.54, 1.807) is 0 Å². The molecule has 1 aliphatic heterocycles. The van der Waals surface area contributed by atoms with Crippen molar-refractivity contribution >= 4 is 5.84 Å². The monoisotopic (exact) mass is 316 g/mol. The fraction of sp³-hybridized carbons (Fsp3) is 0.200. The van der Waals surface area contributed by atoms with Gasteiger partial charge >= 0.3 is 0 Å². The second-order valence-corrected chi connectivity index (χ2v) is 6.12. The van der Waals surface area contributed by atoms with Gasteiger partial charge in [-0.15, -0.1) is 0 Å². The summed E-state index contributed by atoms with van der Waals surface area (Å²) in [7, 11) is 4.12. The molecule has 1 aliphatic rings. The van der Waals surface area contributed by atoms with Gasteiger partial charge in [0, 0.05) is 44.2 Å². The average molecular weight is 316 g/mol. The van der Waals surface area contributed by atoms with E-state index in [-0.39, 0.29) is 0 Å². The van der Waals surface area contributed by atoms with Crippen molar-refractivity contribution in [3.05, 3.63) is 66.5 Å². The van der Waals surface area contributed by atoms with Crippen LogP contribution in [0, 0.1) is 0 Å². The number of amidine groups is 1. The normalized spacial score (nSPS) is 14.1. The van der Waals surface area contributed by atoms with E-state index in [1.165, 1.54) is 16.7 Å². The Morgan fingerprint density at radius 3 is 2.42 bits per heavy atom. The summed E-state index contributed by atoms with van der Waals surface area (Å²) in [6, 6.07) is 17.0. The summed E-state index contributed by atoms with van der Waals surface area (Å²) in [5, 5.41) is 0. The topological polar surface area (TPSA) is 33.4 Å². The zero-order chi connectivity index (χ0) is 16.5. The standard InChI is InChI=1S/C20H20N4/c1-23-12-10-21-19(23)16-7-5-6-15(14-16)17-8-3-4-9-18(17)20-22-11-13-24(20)2/h3-9,11,13-14H,10,12H2,1-2H3. The Balaban J connectivity index is 1.82. The van der Waals surface area contributed by atoms with Crippen molar-refractivity contribution in [2.45, 2.75) is 0 Å². The first-order valence-electron chi connectivity index (χ1n) is 8.17. The summed E-state index contributed by atoms with van der Waals surface area (Å²) in [6.45, 7) is 1.86. The SMILES string of the molecule is CN1CCN=C1c1cccc(-c2ccccc2-c2nccn2C)c1. The number of likely N-dealkylation sites (N-methyl/N-ethyl adjacent to an activating group) is 1. The van der Waals surface area contributed by atoms with E-state index in [1.807, 2.05) is 19.4 Å². The van der Waals surface area contributed by atoms with Gasteiger partial charge in [0.1, 0.15) is 11.7 Å². The van der Waals surface area contributed by atoms with Gasteiger partial charge in [0.05, 0.1) is 6.54 Å². The van der Waals surface area contributed by atoms with E-state index in [2.05, 4.69) is 75.0 Å². The van der Waals surface area contributed by atoms with Crippen LogP contribution in [0.2, 0.25) is 0 Å². The van der Waals surface area contributed by atoms with Crippen LogP contribution in [0.5, 0.6) is 0 Å². The van der Waals surface area contributed by atoms with Crippen LogP contribution in [-0.2, 0) is 7.05 Å². The zero-order valence-corrected chi connectivity index (χ0v) is 14.0. The second-order valence-electron chi connectivity index (χ2n) is 6.12. The summed E-state index contributed by atoms with van der Waals surface area (Å²) < 4.78 is 2.05. The Hall–Kier alpha value is -2.88. The number of imidazole rings is 1. The molecule has 4 rings (SSSR count). The molecule has 0 spiro atoms. The van der Waals surface area contributed by atoms with Crippen LogP contribution < -0.4 is 0 Å². The van der Waals surface area contributed by atoms with Crippen LogP contribution in [0.1, 0.15) is 5.56 Å². The molecule has 2 aromatic carbocycles. The molecule has 0 fully saturated rings. The summed E-state index contributed by atoms with van der Waals surface area (Å²) >= 11 is 0. The lowest BCUT2D eigenvalue weighted by molar-refractivity contribution is 0.557. The molecule has 0 N–H and O–H groups in total. The van der Waals surface area contributed by atoms with Crippen molar-refractivity contribution in [3.8, 4) is 22.5 Å². The van der Waals surface area contributed by atoms with Gasteiger partial charge in [-0.3, -0.25) is 4.99 Å². The van der Waals surface area contributed by atoms with Gasteiger partial charge < -0.3 is 9.47 Å². The van der Waals surface area contributed by atoms with Gasteiger partial charge in [0.25, 0.3) is 0 Å². The third-order valence-electron chi connectivity index (χ3n) is 4.48. The van der Waals surface area contributed by atoms with Crippen LogP contribution >= 0.6 is 0 Å². The number of aliphatic imine (C=N–C) groups is 1. The highest BCUT2D eigenvalue weighted by molar-refractivity contribution is 6.00. The highest BCUT2D eigenvalue weighted by Gasteiger charge is 2.16. The van der Waals surface area contributed by atoms with E-state index >= 15 is 0 Å². The van der Waals surface area contributed by atoms with Gasteiger partial charge in [0.15, 0.2) is 0 Å². The van der Waals surface area contributed by atoms with Crippen molar-refractivity contribution in [1.82, 2.24) is 14.5 Å². The van der Waals surface area contributed by atoms with Crippen LogP contribution in [-0.4, -0.2) is 40.4 Å². The fourth-order valence-electron chi connectivity index (χ4n) is 3.22. The number of nitrogens with zero attached hydrogens (tertiary/aromatic N) is 4. The number of aryl methyl sites for hydroxylation is 1. The quantitative estimate of drug-likeness (QED) is 0.741. The lowest BCUT2D eigenvalue weighted by Crippen LogP contribution is -2.23. The lowest BCUT2D eigenvalue weighted by Gasteiger charge is -2.15. The first kappa shape index (κ1) is 14.7. The summed E-state index contributed by atoms with van der Waals surface area (Å²) in [6.07, 6.45) is 3.81. The second kappa shape index (κ2) is 5.96. The molecule has 0 saturated heterocycles. The molecular weight excluding hydrogens is 296 g/mol. The number of hydrogen-bond acceptors (Lipinski definition) is 3. The van der Waals surface area contributed by atoms with Crippen molar-refractivity contribution in [2.24, 2.45) is 12.0 Å². The Morgan fingerprint density at radius 1 is 0.917 bits per heavy atom. The van der Waals surface area contributed by atoms with Gasteiger partial charge in [0.2, 0.25) is 0 Å². The Bertz CT molecular complexity index is 907. The maximum Gasteiger partial charge on any atom is 0.140 e. The molecule has 0 aliphatic carbocycles. The number of hydrogen-bond donors (Lipinski definition) is 0. The number of rotatable bonds is 3. The van der Waals surface area contributed by atoms with Gasteiger partial charge in [-0.1, -0.05) is 42.5 Å². The number of benzene rings is 2. The largest absolute Gasteiger partial charge is 0.358 e. The smallest absolute Gasteiger partial charge is 0.140 e. The van der Waals surface area contributed by atoms with Crippen LogP contribution in [0.3, 0.4) is 0 Å². The van der Waals surface area contributed by atoms with E-state index < -0.39 is 0 Å². The molecular formula is C20H20N4. The van der Waals surface area contributed by atoms with Crippen LogP contribution in [0.4, 0.5) is 0 Å². The predicted octanol–water partition coefficient (Wildman–Crippen LogP) is 3.45. The minimum Gasteiger partial charge on any atom is -0.358 e. The molecule has 0 unspecified atom stereocenters. The highest BCUT2D eigenvalue weighted by Crippen LogP contribution is 2.31. The van der Waals surface area contributed by atoms with E-state index in [4.69, 9.17) is 0 Å². The van der Waals surface area contributed by atoms with Gasteiger partial charge in [-0.25, -0.2) is 4.98 Å². The maximum atomic E-state index is 4.63. The van der Waals surface area contributed by atoms with Gasteiger partial charge in [-0.2, -0.15) is 0 Å². The summed E-state index contributed by atoms with van der Waals surface area (Å²) in [5.74, 6) is 2.05. The molecule has 120 valence electrons. The molecule has 0 saturated carbocycles. The molecule has 1 aromatic heterocycles. The Morgan fingerprint density at radius 2 is 1.71 bits per heavy atom.